The van der Waals surface area contributed by atoms with Gasteiger partial charge in [-0.15, -0.1) is 0 Å². The number of carbonyl (C=O) groups is 3. The van der Waals surface area contributed by atoms with E-state index in [1.165, 1.54) is 4.90 Å². The molecule has 0 aromatic heterocycles. The van der Waals surface area contributed by atoms with Crippen molar-refractivity contribution >= 4 is 18.0 Å². The first-order valence-corrected chi connectivity index (χ1v) is 12.3. The average Bonchev–Trinajstić information content (AvgIpc) is 2.78. The third kappa shape index (κ3) is 5.96. The molecule has 0 spiro atoms. The number of urea groups is 2. The Bertz CT molecular complexity index is 1010. The third-order valence-corrected chi connectivity index (χ3v) is 6.58. The van der Waals surface area contributed by atoms with Crippen LogP contribution in [0.25, 0.3) is 0 Å². The standard InChI is InChI=1S/C26H39N5O4/c1-8-35-24(32)22-21(15-30-11-12-31(19(6)14-30)26(34)27-16(2)3)29(7)25(33)28-23(22)20-13-17(4)9-10-18(20)5/h9-10,13,16,19,23H,8,11-12,14-15H2,1-7H3,(H,27,34)(H,28,33). The molecule has 1 saturated heterocycles. The molecule has 2 unspecified atom stereocenters. The summed E-state index contributed by atoms with van der Waals surface area (Å²) in [6.45, 7) is 14.1. The molecule has 1 fully saturated rings. The summed E-state index contributed by atoms with van der Waals surface area (Å²) in [6, 6.07) is 5.17. The molecule has 2 N–H and O–H groups in total. The van der Waals surface area contributed by atoms with Gasteiger partial charge in [-0.2, -0.15) is 0 Å². The first kappa shape index (κ1) is 26.5. The Morgan fingerprint density at radius 3 is 2.57 bits per heavy atom. The molecular formula is C26H39N5O4. The van der Waals surface area contributed by atoms with Gasteiger partial charge in [-0.3, -0.25) is 9.80 Å². The number of ether oxygens (including phenoxy) is 1. The minimum atomic E-state index is -0.594. The van der Waals surface area contributed by atoms with Gasteiger partial charge >= 0.3 is 18.0 Å². The van der Waals surface area contributed by atoms with Crippen LogP contribution in [0.1, 0.15) is 50.4 Å². The molecule has 0 aliphatic carbocycles. The van der Waals surface area contributed by atoms with Gasteiger partial charge in [0.1, 0.15) is 0 Å². The zero-order valence-corrected chi connectivity index (χ0v) is 22.0. The van der Waals surface area contributed by atoms with Gasteiger partial charge in [0.2, 0.25) is 0 Å². The fourth-order valence-corrected chi connectivity index (χ4v) is 4.72. The molecule has 0 saturated carbocycles. The highest BCUT2D eigenvalue weighted by atomic mass is 16.5. The molecule has 1 aromatic rings. The van der Waals surface area contributed by atoms with E-state index in [4.69, 9.17) is 4.74 Å². The van der Waals surface area contributed by atoms with Crippen LogP contribution in [0.3, 0.4) is 0 Å². The topological polar surface area (TPSA) is 94.2 Å². The number of likely N-dealkylation sites (N-methyl/N-ethyl adjacent to an activating group) is 1. The molecule has 1 aromatic carbocycles. The Morgan fingerprint density at radius 1 is 1.23 bits per heavy atom. The van der Waals surface area contributed by atoms with E-state index in [1.54, 1.807) is 14.0 Å². The number of benzene rings is 1. The summed E-state index contributed by atoms with van der Waals surface area (Å²) in [7, 11) is 1.68. The van der Waals surface area contributed by atoms with Crippen molar-refractivity contribution in [1.29, 1.82) is 0 Å². The number of hydrogen-bond donors (Lipinski definition) is 2. The van der Waals surface area contributed by atoms with Gasteiger partial charge in [0, 0.05) is 51.0 Å². The van der Waals surface area contributed by atoms with Crippen molar-refractivity contribution in [2.24, 2.45) is 0 Å². The van der Waals surface area contributed by atoms with Crippen LogP contribution in [0.4, 0.5) is 9.59 Å². The SMILES string of the molecule is CCOC(=O)C1=C(CN2CCN(C(=O)NC(C)C)C(C)C2)N(C)C(=O)NC1c1cc(C)ccc1C. The van der Waals surface area contributed by atoms with Crippen LogP contribution in [0, 0.1) is 13.8 Å². The molecule has 4 amide bonds. The summed E-state index contributed by atoms with van der Waals surface area (Å²) >= 11 is 0. The summed E-state index contributed by atoms with van der Waals surface area (Å²) in [5.41, 5.74) is 4.01. The van der Waals surface area contributed by atoms with E-state index in [1.807, 2.05) is 57.7 Å². The van der Waals surface area contributed by atoms with Crippen molar-refractivity contribution in [2.45, 2.75) is 59.7 Å². The normalized spacial score (nSPS) is 21.3. The first-order chi connectivity index (χ1) is 16.5. The van der Waals surface area contributed by atoms with Crippen molar-refractivity contribution in [3.8, 4) is 0 Å². The lowest BCUT2D eigenvalue weighted by Crippen LogP contribution is -2.58. The monoisotopic (exact) mass is 485 g/mol. The first-order valence-electron chi connectivity index (χ1n) is 12.3. The number of esters is 1. The van der Waals surface area contributed by atoms with Crippen molar-refractivity contribution in [3.05, 3.63) is 46.2 Å². The molecule has 3 rings (SSSR count). The highest BCUT2D eigenvalue weighted by Gasteiger charge is 2.39. The minimum Gasteiger partial charge on any atom is -0.463 e. The zero-order chi connectivity index (χ0) is 25.9. The van der Waals surface area contributed by atoms with Gasteiger partial charge in [0.15, 0.2) is 0 Å². The number of amides is 4. The number of aryl methyl sites for hydroxylation is 2. The fourth-order valence-electron chi connectivity index (χ4n) is 4.72. The quantitative estimate of drug-likeness (QED) is 0.605. The van der Waals surface area contributed by atoms with Gasteiger partial charge in [-0.25, -0.2) is 14.4 Å². The molecule has 9 nitrogen and oxygen atoms in total. The van der Waals surface area contributed by atoms with E-state index >= 15 is 0 Å². The largest absolute Gasteiger partial charge is 0.463 e. The molecule has 9 heteroatoms. The Labute approximate surface area is 208 Å². The van der Waals surface area contributed by atoms with Gasteiger partial charge in [0.05, 0.1) is 18.2 Å². The zero-order valence-electron chi connectivity index (χ0n) is 22.0. The molecule has 2 aliphatic heterocycles. The number of piperazine rings is 1. The Kier molecular flexibility index (Phi) is 8.43. The van der Waals surface area contributed by atoms with Crippen molar-refractivity contribution in [2.75, 3.05) is 39.8 Å². The van der Waals surface area contributed by atoms with E-state index in [0.717, 1.165) is 16.7 Å². The second-order valence-electron chi connectivity index (χ2n) is 9.76. The second kappa shape index (κ2) is 11.1. The summed E-state index contributed by atoms with van der Waals surface area (Å²) in [4.78, 5) is 44.3. The van der Waals surface area contributed by atoms with Crippen LogP contribution in [0.5, 0.6) is 0 Å². The van der Waals surface area contributed by atoms with Crippen LogP contribution < -0.4 is 10.6 Å². The number of nitrogens with one attached hydrogen (secondary N) is 2. The Balaban J connectivity index is 1.94. The highest BCUT2D eigenvalue weighted by molar-refractivity contribution is 5.95. The summed E-state index contributed by atoms with van der Waals surface area (Å²) in [5.74, 6) is -0.428. The molecule has 2 aliphatic rings. The number of hydrogen-bond acceptors (Lipinski definition) is 5. The molecule has 35 heavy (non-hydrogen) atoms. The number of rotatable bonds is 6. The van der Waals surface area contributed by atoms with E-state index in [9.17, 15) is 14.4 Å². The lowest BCUT2D eigenvalue weighted by atomic mass is 9.90. The van der Waals surface area contributed by atoms with Gasteiger partial charge < -0.3 is 20.3 Å². The molecule has 2 atom stereocenters. The second-order valence-corrected chi connectivity index (χ2v) is 9.76. The number of nitrogens with zero attached hydrogens (tertiary/aromatic N) is 3. The van der Waals surface area contributed by atoms with Crippen molar-refractivity contribution in [1.82, 2.24) is 25.3 Å². The van der Waals surface area contributed by atoms with Gasteiger partial charge in [-0.05, 0) is 52.7 Å². The van der Waals surface area contributed by atoms with Crippen LogP contribution in [0.15, 0.2) is 29.5 Å². The maximum Gasteiger partial charge on any atom is 0.338 e. The lowest BCUT2D eigenvalue weighted by molar-refractivity contribution is -0.139. The summed E-state index contributed by atoms with van der Waals surface area (Å²) < 4.78 is 5.46. The Morgan fingerprint density at radius 2 is 1.94 bits per heavy atom. The summed E-state index contributed by atoms with van der Waals surface area (Å²) in [6.07, 6.45) is 0. The maximum absolute atomic E-state index is 13.3. The van der Waals surface area contributed by atoms with E-state index < -0.39 is 12.0 Å². The van der Waals surface area contributed by atoms with Crippen molar-refractivity contribution in [3.63, 3.8) is 0 Å². The smallest absolute Gasteiger partial charge is 0.338 e. The highest BCUT2D eigenvalue weighted by Crippen LogP contribution is 2.33. The predicted molar refractivity (Wildman–Crippen MR) is 135 cm³/mol. The van der Waals surface area contributed by atoms with Crippen LogP contribution in [-0.2, 0) is 9.53 Å². The lowest BCUT2D eigenvalue weighted by Gasteiger charge is -2.42. The predicted octanol–water partition coefficient (Wildman–Crippen LogP) is 2.94. The fraction of sp³-hybridized carbons (Fsp3) is 0.577. The average molecular weight is 486 g/mol. The van der Waals surface area contributed by atoms with E-state index in [-0.39, 0.29) is 30.8 Å². The van der Waals surface area contributed by atoms with Crippen molar-refractivity contribution < 1.29 is 19.1 Å². The van der Waals surface area contributed by atoms with E-state index in [2.05, 4.69) is 15.5 Å². The molecule has 192 valence electrons. The summed E-state index contributed by atoms with van der Waals surface area (Å²) in [5, 5.41) is 5.96. The minimum absolute atomic E-state index is 0.00770. The molecular weight excluding hydrogens is 446 g/mol. The number of carbonyl (C=O) groups excluding carboxylic acids is 3. The molecule has 0 bridgehead atoms. The van der Waals surface area contributed by atoms with E-state index in [0.29, 0.717) is 37.4 Å². The molecule has 0 radical (unpaired) electrons. The van der Waals surface area contributed by atoms with Gasteiger partial charge in [0.25, 0.3) is 0 Å². The van der Waals surface area contributed by atoms with Crippen LogP contribution in [-0.4, -0.2) is 84.6 Å². The van der Waals surface area contributed by atoms with Crippen LogP contribution in [0.2, 0.25) is 0 Å². The van der Waals surface area contributed by atoms with Crippen LogP contribution >= 0.6 is 0 Å². The maximum atomic E-state index is 13.3. The third-order valence-electron chi connectivity index (χ3n) is 6.58. The van der Waals surface area contributed by atoms with Gasteiger partial charge in [-0.1, -0.05) is 23.8 Å². The molecule has 2 heterocycles. The Hall–Kier alpha value is -3.07.